The number of phenols is 1. The normalized spacial score (nSPS) is 28.3. The summed E-state index contributed by atoms with van der Waals surface area (Å²) in [6, 6.07) is 16.3. The largest absolute Gasteiger partial charge is 0.508 e. The van der Waals surface area contributed by atoms with Crippen molar-refractivity contribution in [3.63, 3.8) is 0 Å². The van der Waals surface area contributed by atoms with Gasteiger partial charge in [-0.2, -0.15) is 0 Å². The number of hydrogen-bond donors (Lipinski definition) is 6. The number of nitrogens with zero attached hydrogens (tertiary/aromatic N) is 1. The van der Waals surface area contributed by atoms with Crippen LogP contribution in [0.2, 0.25) is 0 Å². The Hall–Kier alpha value is -4.77. The standard InChI is InChI=1S/C32H28N2O8/c1-34(2)25-24-27(37)21-18(13-14-10-11-15-6-3-4-7-16(15)12-14)17-8-5-9-19(35)20(17)26(36)22(21)29(39)32(24,42)30(40)23(28(25)38)31(33)41/h3-13,21,24-25,27,35-37,40,42H,1-2H3,(H2,33,41)/b18-13+/t21-,24-,25+,27+,32-/m0/s1. The van der Waals surface area contributed by atoms with Gasteiger partial charge < -0.3 is 31.3 Å². The lowest BCUT2D eigenvalue weighted by molar-refractivity contribution is -0.166. The number of fused-ring (bicyclic) bond motifs is 4. The molecule has 10 heteroatoms. The first kappa shape index (κ1) is 27.4. The van der Waals surface area contributed by atoms with Crippen molar-refractivity contribution in [3.05, 3.63) is 94.3 Å². The van der Waals surface area contributed by atoms with Crippen LogP contribution in [0.1, 0.15) is 16.7 Å². The first-order chi connectivity index (χ1) is 19.9. The number of primary amides is 1. The molecule has 1 amide bonds. The summed E-state index contributed by atoms with van der Waals surface area (Å²) < 4.78 is 0. The summed E-state index contributed by atoms with van der Waals surface area (Å²) in [7, 11) is 2.92. The Morgan fingerprint density at radius 2 is 1.67 bits per heavy atom. The predicted molar refractivity (Wildman–Crippen MR) is 154 cm³/mol. The van der Waals surface area contributed by atoms with Gasteiger partial charge in [0, 0.05) is 5.92 Å². The number of likely N-dealkylation sites (N-methyl/N-ethyl adjacent to an activating group) is 1. The summed E-state index contributed by atoms with van der Waals surface area (Å²) >= 11 is 0. The zero-order valence-corrected chi connectivity index (χ0v) is 22.6. The Morgan fingerprint density at radius 3 is 2.33 bits per heavy atom. The van der Waals surface area contributed by atoms with E-state index < -0.39 is 69.7 Å². The molecule has 3 aromatic carbocycles. The van der Waals surface area contributed by atoms with Gasteiger partial charge in [0.2, 0.25) is 5.78 Å². The molecule has 0 radical (unpaired) electrons. The molecule has 0 bridgehead atoms. The molecular weight excluding hydrogens is 540 g/mol. The van der Waals surface area contributed by atoms with E-state index in [0.717, 1.165) is 10.8 Å². The minimum atomic E-state index is -2.98. The Labute approximate surface area is 239 Å². The number of benzene rings is 3. The van der Waals surface area contributed by atoms with Crippen molar-refractivity contribution in [1.29, 1.82) is 0 Å². The smallest absolute Gasteiger partial charge is 0.255 e. The van der Waals surface area contributed by atoms with E-state index >= 15 is 0 Å². The van der Waals surface area contributed by atoms with Crippen molar-refractivity contribution in [2.45, 2.75) is 17.7 Å². The van der Waals surface area contributed by atoms with Gasteiger partial charge in [0.25, 0.3) is 5.91 Å². The van der Waals surface area contributed by atoms with E-state index in [1.807, 2.05) is 42.5 Å². The molecule has 3 aliphatic carbocycles. The minimum absolute atomic E-state index is 0.104. The van der Waals surface area contributed by atoms with Crippen LogP contribution in [0.25, 0.3) is 28.2 Å². The average molecular weight is 569 g/mol. The van der Waals surface area contributed by atoms with Gasteiger partial charge in [-0.25, -0.2) is 0 Å². The maximum absolute atomic E-state index is 14.3. The minimum Gasteiger partial charge on any atom is -0.508 e. The highest BCUT2D eigenvalue weighted by atomic mass is 16.4. The summed E-state index contributed by atoms with van der Waals surface area (Å²) in [5.74, 6) is -8.84. The predicted octanol–water partition coefficient (Wildman–Crippen LogP) is 2.09. The van der Waals surface area contributed by atoms with Crippen LogP contribution in [0, 0.1) is 11.8 Å². The molecule has 0 unspecified atom stereocenters. The molecule has 6 rings (SSSR count). The van der Waals surface area contributed by atoms with Crippen LogP contribution in [0.3, 0.4) is 0 Å². The molecule has 1 saturated carbocycles. The first-order valence-corrected chi connectivity index (χ1v) is 13.2. The van der Waals surface area contributed by atoms with Gasteiger partial charge in [0.15, 0.2) is 11.4 Å². The molecular formula is C32H28N2O8. The van der Waals surface area contributed by atoms with E-state index in [4.69, 9.17) is 5.73 Å². The van der Waals surface area contributed by atoms with Crippen molar-refractivity contribution in [1.82, 2.24) is 4.90 Å². The van der Waals surface area contributed by atoms with Gasteiger partial charge in [-0.05, 0) is 53.7 Å². The molecule has 7 N–H and O–H groups in total. The molecule has 0 aliphatic heterocycles. The summed E-state index contributed by atoms with van der Waals surface area (Å²) in [4.78, 5) is 41.2. The molecule has 10 nitrogen and oxygen atoms in total. The number of hydrogen-bond acceptors (Lipinski definition) is 9. The third-order valence-electron chi connectivity index (χ3n) is 8.63. The number of aliphatic hydroxyl groups excluding tert-OH is 3. The topological polar surface area (TPSA) is 182 Å². The quantitative estimate of drug-likeness (QED) is 0.258. The molecule has 0 heterocycles. The van der Waals surface area contributed by atoms with Crippen LogP contribution < -0.4 is 5.73 Å². The number of carbonyl (C=O) groups excluding carboxylic acids is 3. The van der Waals surface area contributed by atoms with E-state index in [1.54, 1.807) is 18.2 Å². The zero-order chi connectivity index (χ0) is 30.2. The average Bonchev–Trinajstić information content (AvgIpc) is 2.94. The highest BCUT2D eigenvalue weighted by Crippen LogP contribution is 2.56. The number of ketones is 2. The second kappa shape index (κ2) is 9.38. The third-order valence-corrected chi connectivity index (χ3v) is 8.63. The summed E-state index contributed by atoms with van der Waals surface area (Å²) in [6.07, 6.45) is -0.0253. The fraction of sp³-hybridized carbons (Fsp3) is 0.219. The lowest BCUT2D eigenvalue weighted by Crippen LogP contribution is -2.70. The Kier molecular flexibility index (Phi) is 6.12. The summed E-state index contributed by atoms with van der Waals surface area (Å²) in [5.41, 5.74) is 2.19. The number of rotatable bonds is 3. The van der Waals surface area contributed by atoms with Gasteiger partial charge in [-0.1, -0.05) is 54.6 Å². The lowest BCUT2D eigenvalue weighted by Gasteiger charge is -2.53. The number of nitrogens with two attached hydrogens (primary N) is 1. The molecule has 0 saturated heterocycles. The molecule has 0 aromatic heterocycles. The second-order valence-electron chi connectivity index (χ2n) is 11.1. The SMILES string of the molecule is CN(C)[C@H]1C(=O)C(C(N)=O)=C(O)[C@@]2(O)C(=O)C3=C(O)c4c(O)cccc4/C(=C\c4ccc5ccccc5c4)[C@@H]3[C@@H](O)[C@H]12. The van der Waals surface area contributed by atoms with E-state index in [2.05, 4.69) is 0 Å². The number of phenolic OH excluding ortho intramolecular Hbond substituents is 1. The summed E-state index contributed by atoms with van der Waals surface area (Å²) in [5, 5.41) is 59.1. The number of aliphatic hydroxyl groups is 4. The van der Waals surface area contributed by atoms with E-state index in [-0.39, 0.29) is 11.3 Å². The van der Waals surface area contributed by atoms with Crippen LogP contribution in [0.4, 0.5) is 0 Å². The van der Waals surface area contributed by atoms with Gasteiger partial charge in [0.05, 0.1) is 29.2 Å². The first-order valence-electron chi connectivity index (χ1n) is 13.2. The fourth-order valence-corrected chi connectivity index (χ4v) is 6.79. The van der Waals surface area contributed by atoms with E-state index in [1.165, 1.54) is 25.1 Å². The van der Waals surface area contributed by atoms with Crippen LogP contribution >= 0.6 is 0 Å². The zero-order valence-electron chi connectivity index (χ0n) is 22.6. The van der Waals surface area contributed by atoms with Crippen LogP contribution in [0.5, 0.6) is 5.75 Å². The van der Waals surface area contributed by atoms with Crippen LogP contribution in [-0.4, -0.2) is 79.7 Å². The Bertz CT molecular complexity index is 1820. The molecule has 5 atom stereocenters. The van der Waals surface area contributed by atoms with Crippen LogP contribution in [-0.2, 0) is 14.4 Å². The van der Waals surface area contributed by atoms with E-state index in [0.29, 0.717) is 16.7 Å². The maximum Gasteiger partial charge on any atom is 0.255 e. The molecule has 214 valence electrons. The number of amides is 1. The highest BCUT2D eigenvalue weighted by molar-refractivity contribution is 6.25. The Balaban J connectivity index is 1.66. The van der Waals surface area contributed by atoms with Gasteiger partial charge >= 0.3 is 0 Å². The van der Waals surface area contributed by atoms with Crippen molar-refractivity contribution < 1.29 is 39.9 Å². The van der Waals surface area contributed by atoms with Crippen molar-refractivity contribution >= 4 is 45.7 Å². The Morgan fingerprint density at radius 1 is 0.976 bits per heavy atom. The molecule has 3 aliphatic rings. The highest BCUT2D eigenvalue weighted by Gasteiger charge is 2.68. The van der Waals surface area contributed by atoms with Gasteiger partial charge in [-0.3, -0.25) is 19.3 Å². The number of aromatic hydroxyl groups is 1. The molecule has 0 spiro atoms. The summed E-state index contributed by atoms with van der Waals surface area (Å²) in [6.45, 7) is 0. The van der Waals surface area contributed by atoms with Gasteiger partial charge in [0.1, 0.15) is 22.8 Å². The van der Waals surface area contributed by atoms with E-state index in [9.17, 15) is 39.9 Å². The fourth-order valence-electron chi connectivity index (χ4n) is 6.79. The monoisotopic (exact) mass is 568 g/mol. The second-order valence-corrected chi connectivity index (χ2v) is 11.1. The molecule has 1 fully saturated rings. The maximum atomic E-state index is 14.3. The van der Waals surface area contributed by atoms with Gasteiger partial charge in [-0.15, -0.1) is 0 Å². The third kappa shape index (κ3) is 3.59. The van der Waals surface area contributed by atoms with Crippen molar-refractivity contribution in [3.8, 4) is 5.75 Å². The number of Topliss-reactive ketones (excluding diaryl/α,β-unsaturated/α-hetero) is 2. The molecule has 3 aromatic rings. The molecule has 42 heavy (non-hydrogen) atoms. The lowest BCUT2D eigenvalue weighted by atomic mass is 9.55. The van der Waals surface area contributed by atoms with Crippen LogP contribution in [0.15, 0.2) is 77.6 Å². The van der Waals surface area contributed by atoms with Crippen molar-refractivity contribution in [2.75, 3.05) is 14.1 Å². The van der Waals surface area contributed by atoms with Crippen molar-refractivity contribution in [2.24, 2.45) is 17.6 Å². The number of carbonyl (C=O) groups is 3.